The van der Waals surface area contributed by atoms with Crippen LogP contribution in [0, 0.1) is 0 Å². The molecule has 0 spiro atoms. The van der Waals surface area contributed by atoms with E-state index < -0.39 is 12.1 Å². The second kappa shape index (κ2) is 8.04. The van der Waals surface area contributed by atoms with Crippen molar-refractivity contribution in [1.29, 1.82) is 0 Å². The number of ether oxygens (including phenoxy) is 2. The standard InChI is InChI=1S/C17H15Cl2NO4/c1-10(16(21)20-14-8-12(18)7-13(19)9-14)24-15-5-3-4-11(6-15)17(22)23-2/h3-10H,1-2H3,(H,20,21)/t10-/m0/s1. The number of carbonyl (C=O) groups is 2. The summed E-state index contributed by atoms with van der Waals surface area (Å²) in [5.41, 5.74) is 0.806. The zero-order valence-electron chi connectivity index (χ0n) is 13.0. The molecule has 24 heavy (non-hydrogen) atoms. The first-order valence-electron chi connectivity index (χ1n) is 7.01. The van der Waals surface area contributed by atoms with Gasteiger partial charge in [0, 0.05) is 15.7 Å². The van der Waals surface area contributed by atoms with E-state index in [0.29, 0.717) is 27.0 Å². The minimum Gasteiger partial charge on any atom is -0.481 e. The van der Waals surface area contributed by atoms with Crippen molar-refractivity contribution in [2.45, 2.75) is 13.0 Å². The topological polar surface area (TPSA) is 64.6 Å². The Morgan fingerprint density at radius 3 is 2.38 bits per heavy atom. The lowest BCUT2D eigenvalue weighted by Crippen LogP contribution is -2.30. The van der Waals surface area contributed by atoms with E-state index in [4.69, 9.17) is 27.9 Å². The van der Waals surface area contributed by atoms with Crippen LogP contribution in [0.1, 0.15) is 17.3 Å². The van der Waals surface area contributed by atoms with Crippen LogP contribution in [-0.4, -0.2) is 25.1 Å². The number of hydrogen-bond donors (Lipinski definition) is 1. The highest BCUT2D eigenvalue weighted by atomic mass is 35.5. The molecule has 1 N–H and O–H groups in total. The van der Waals surface area contributed by atoms with Crippen LogP contribution < -0.4 is 10.1 Å². The summed E-state index contributed by atoms with van der Waals surface area (Å²) in [5.74, 6) is -0.479. The van der Waals surface area contributed by atoms with Crippen molar-refractivity contribution in [1.82, 2.24) is 0 Å². The van der Waals surface area contributed by atoms with Crippen molar-refractivity contribution >= 4 is 40.8 Å². The molecular weight excluding hydrogens is 353 g/mol. The Bertz CT molecular complexity index is 744. The van der Waals surface area contributed by atoms with Crippen LogP contribution in [0.15, 0.2) is 42.5 Å². The van der Waals surface area contributed by atoms with Gasteiger partial charge >= 0.3 is 5.97 Å². The molecule has 126 valence electrons. The lowest BCUT2D eigenvalue weighted by atomic mass is 10.2. The fourth-order valence-corrected chi connectivity index (χ4v) is 2.47. The fourth-order valence-electron chi connectivity index (χ4n) is 1.94. The van der Waals surface area contributed by atoms with E-state index in [0.717, 1.165) is 0 Å². The lowest BCUT2D eigenvalue weighted by Gasteiger charge is -2.15. The first-order valence-corrected chi connectivity index (χ1v) is 7.76. The SMILES string of the molecule is COC(=O)c1cccc(O[C@@H](C)C(=O)Nc2cc(Cl)cc(Cl)c2)c1. The molecule has 1 amide bonds. The van der Waals surface area contributed by atoms with Crippen molar-refractivity contribution < 1.29 is 19.1 Å². The van der Waals surface area contributed by atoms with E-state index in [1.54, 1.807) is 43.3 Å². The van der Waals surface area contributed by atoms with Gasteiger partial charge in [0.15, 0.2) is 6.10 Å². The number of esters is 1. The zero-order valence-corrected chi connectivity index (χ0v) is 14.5. The molecule has 0 radical (unpaired) electrons. The molecule has 1 atom stereocenters. The quantitative estimate of drug-likeness (QED) is 0.804. The maximum atomic E-state index is 12.2. The molecule has 0 unspecified atom stereocenters. The minimum atomic E-state index is -0.796. The average Bonchev–Trinajstić information content (AvgIpc) is 2.53. The van der Waals surface area contributed by atoms with Gasteiger partial charge in [0.05, 0.1) is 12.7 Å². The predicted octanol–water partition coefficient (Wildman–Crippen LogP) is 4.19. The van der Waals surface area contributed by atoms with Crippen LogP contribution in [0.2, 0.25) is 10.0 Å². The summed E-state index contributed by atoms with van der Waals surface area (Å²) in [4.78, 5) is 23.7. The van der Waals surface area contributed by atoms with Gasteiger partial charge in [-0.25, -0.2) is 4.79 Å². The number of amides is 1. The monoisotopic (exact) mass is 367 g/mol. The number of hydrogen-bond acceptors (Lipinski definition) is 4. The first kappa shape index (κ1) is 18.1. The van der Waals surface area contributed by atoms with Gasteiger partial charge in [0.25, 0.3) is 5.91 Å². The van der Waals surface area contributed by atoms with E-state index >= 15 is 0 Å². The van der Waals surface area contributed by atoms with Crippen LogP contribution >= 0.6 is 23.2 Å². The van der Waals surface area contributed by atoms with Gasteiger partial charge in [-0.2, -0.15) is 0 Å². The fraction of sp³-hybridized carbons (Fsp3) is 0.176. The summed E-state index contributed by atoms with van der Waals surface area (Å²) < 4.78 is 10.2. The zero-order chi connectivity index (χ0) is 17.7. The molecule has 2 aromatic carbocycles. The van der Waals surface area contributed by atoms with Gasteiger partial charge in [0.2, 0.25) is 0 Å². The number of anilines is 1. The second-order valence-electron chi connectivity index (χ2n) is 4.93. The largest absolute Gasteiger partial charge is 0.481 e. The maximum absolute atomic E-state index is 12.2. The Balaban J connectivity index is 2.05. The van der Waals surface area contributed by atoms with Gasteiger partial charge in [-0.05, 0) is 43.3 Å². The third-order valence-electron chi connectivity index (χ3n) is 3.07. The van der Waals surface area contributed by atoms with E-state index in [9.17, 15) is 9.59 Å². The number of halogens is 2. The molecule has 7 heteroatoms. The number of rotatable bonds is 5. The van der Waals surface area contributed by atoms with Crippen molar-refractivity contribution in [2.75, 3.05) is 12.4 Å². The summed E-state index contributed by atoms with van der Waals surface area (Å²) in [5, 5.41) is 3.50. The number of benzene rings is 2. The van der Waals surface area contributed by atoms with Crippen LogP contribution in [-0.2, 0) is 9.53 Å². The molecule has 2 aromatic rings. The van der Waals surface area contributed by atoms with Crippen molar-refractivity contribution in [2.24, 2.45) is 0 Å². The Hall–Kier alpha value is -2.24. The average molecular weight is 368 g/mol. The van der Waals surface area contributed by atoms with E-state index in [1.165, 1.54) is 13.2 Å². The van der Waals surface area contributed by atoms with E-state index in [2.05, 4.69) is 10.1 Å². The molecule has 0 heterocycles. The minimum absolute atomic E-state index is 0.337. The Morgan fingerprint density at radius 1 is 1.08 bits per heavy atom. The smallest absolute Gasteiger partial charge is 0.337 e. The number of carbonyl (C=O) groups excluding carboxylic acids is 2. The Labute approximate surface area is 149 Å². The normalized spacial score (nSPS) is 11.5. The van der Waals surface area contributed by atoms with Crippen LogP contribution in [0.4, 0.5) is 5.69 Å². The molecule has 0 aliphatic rings. The molecule has 0 aliphatic heterocycles. The van der Waals surface area contributed by atoms with E-state index in [-0.39, 0.29) is 5.91 Å². The number of nitrogens with one attached hydrogen (secondary N) is 1. The molecule has 0 aliphatic carbocycles. The highest BCUT2D eigenvalue weighted by Gasteiger charge is 2.16. The van der Waals surface area contributed by atoms with Gasteiger partial charge in [0.1, 0.15) is 5.75 Å². The summed E-state index contributed by atoms with van der Waals surface area (Å²) in [6.07, 6.45) is -0.796. The van der Waals surface area contributed by atoms with Crippen molar-refractivity contribution in [3.8, 4) is 5.75 Å². The lowest BCUT2D eigenvalue weighted by molar-refractivity contribution is -0.122. The molecule has 0 saturated carbocycles. The van der Waals surface area contributed by atoms with E-state index in [1.807, 2.05) is 0 Å². The molecule has 0 saturated heterocycles. The molecule has 0 aromatic heterocycles. The third-order valence-corrected chi connectivity index (χ3v) is 3.50. The van der Waals surface area contributed by atoms with Crippen LogP contribution in [0.25, 0.3) is 0 Å². The Morgan fingerprint density at radius 2 is 1.75 bits per heavy atom. The van der Waals surface area contributed by atoms with Gasteiger partial charge < -0.3 is 14.8 Å². The summed E-state index contributed by atoms with van der Waals surface area (Å²) in [6, 6.07) is 11.1. The molecule has 5 nitrogen and oxygen atoms in total. The van der Waals surface area contributed by atoms with Crippen LogP contribution in [0.3, 0.4) is 0 Å². The molecule has 0 bridgehead atoms. The molecule has 2 rings (SSSR count). The third kappa shape index (κ3) is 4.88. The maximum Gasteiger partial charge on any atom is 0.337 e. The van der Waals surface area contributed by atoms with Crippen LogP contribution in [0.5, 0.6) is 5.75 Å². The predicted molar refractivity (Wildman–Crippen MR) is 93.0 cm³/mol. The molecule has 0 fully saturated rings. The van der Waals surface area contributed by atoms with Crippen molar-refractivity contribution in [3.63, 3.8) is 0 Å². The van der Waals surface area contributed by atoms with Gasteiger partial charge in [-0.15, -0.1) is 0 Å². The van der Waals surface area contributed by atoms with Crippen molar-refractivity contribution in [3.05, 3.63) is 58.1 Å². The molecular formula is C17H15Cl2NO4. The van der Waals surface area contributed by atoms with Gasteiger partial charge in [-0.1, -0.05) is 29.3 Å². The summed E-state index contributed by atoms with van der Waals surface area (Å²) in [7, 11) is 1.29. The highest BCUT2D eigenvalue weighted by Crippen LogP contribution is 2.23. The Kier molecular flexibility index (Phi) is 6.06. The summed E-state index contributed by atoms with van der Waals surface area (Å²) in [6.45, 7) is 1.59. The highest BCUT2D eigenvalue weighted by molar-refractivity contribution is 6.35. The second-order valence-corrected chi connectivity index (χ2v) is 5.80. The first-order chi connectivity index (χ1) is 11.4. The van der Waals surface area contributed by atoms with Gasteiger partial charge in [-0.3, -0.25) is 4.79 Å². The summed E-state index contributed by atoms with van der Waals surface area (Å²) >= 11 is 11.8. The number of methoxy groups -OCH3 is 1.